The molecule has 1 heterocycles. The van der Waals surface area contributed by atoms with E-state index in [2.05, 4.69) is 20.5 Å². The maximum atomic E-state index is 11.6. The van der Waals surface area contributed by atoms with Crippen LogP contribution in [0.25, 0.3) is 6.08 Å². The molecule has 0 aliphatic rings. The summed E-state index contributed by atoms with van der Waals surface area (Å²) in [5.41, 5.74) is 0.810. The number of H-pyrrole nitrogens is 1. The summed E-state index contributed by atoms with van der Waals surface area (Å²) in [5.74, 6) is 0.550. The molecule has 1 aromatic carbocycles. The zero-order valence-corrected chi connectivity index (χ0v) is 11.9. The predicted molar refractivity (Wildman–Crippen MR) is 78.6 cm³/mol. The number of nitrogens with one attached hydrogen (secondary N) is 2. The van der Waals surface area contributed by atoms with Crippen LogP contribution in [0.15, 0.2) is 30.6 Å². The van der Waals surface area contributed by atoms with Gasteiger partial charge in [-0.2, -0.15) is 5.10 Å². The van der Waals surface area contributed by atoms with Gasteiger partial charge < -0.3 is 5.32 Å². The molecule has 0 unspecified atom stereocenters. The molecule has 0 bridgehead atoms. The molecule has 1 amide bonds. The summed E-state index contributed by atoms with van der Waals surface area (Å²) in [6.07, 6.45) is 5.15. The predicted octanol–water partition coefficient (Wildman–Crippen LogP) is 2.48. The normalized spacial score (nSPS) is 10.9. The Labute approximate surface area is 126 Å². The van der Waals surface area contributed by atoms with E-state index in [0.717, 1.165) is 11.4 Å². The highest BCUT2D eigenvalue weighted by Crippen LogP contribution is 2.22. The Morgan fingerprint density at radius 2 is 2.20 bits per heavy atom. The Kier molecular flexibility index (Phi) is 5.15. The van der Waals surface area contributed by atoms with Crippen LogP contribution in [0.1, 0.15) is 11.4 Å². The largest absolute Gasteiger partial charge is 0.352 e. The van der Waals surface area contributed by atoms with Crippen LogP contribution in [-0.4, -0.2) is 27.6 Å². The Morgan fingerprint density at radius 1 is 1.35 bits per heavy atom. The van der Waals surface area contributed by atoms with Gasteiger partial charge in [0.1, 0.15) is 12.2 Å². The maximum absolute atomic E-state index is 11.6. The lowest BCUT2D eigenvalue weighted by Crippen LogP contribution is -2.23. The van der Waals surface area contributed by atoms with Crippen molar-refractivity contribution in [3.8, 4) is 0 Å². The van der Waals surface area contributed by atoms with Crippen LogP contribution < -0.4 is 5.32 Å². The summed E-state index contributed by atoms with van der Waals surface area (Å²) in [6, 6.07) is 5.17. The highest BCUT2D eigenvalue weighted by molar-refractivity contribution is 6.42. The van der Waals surface area contributed by atoms with Gasteiger partial charge in [0.15, 0.2) is 0 Å². The van der Waals surface area contributed by atoms with Crippen LogP contribution >= 0.6 is 23.2 Å². The molecule has 104 valence electrons. The van der Waals surface area contributed by atoms with Crippen molar-refractivity contribution < 1.29 is 4.79 Å². The van der Waals surface area contributed by atoms with Crippen LogP contribution in [0, 0.1) is 0 Å². The third kappa shape index (κ3) is 4.36. The lowest BCUT2D eigenvalue weighted by molar-refractivity contribution is -0.116. The fourth-order valence-electron chi connectivity index (χ4n) is 1.50. The van der Waals surface area contributed by atoms with Crippen molar-refractivity contribution in [2.24, 2.45) is 0 Å². The van der Waals surface area contributed by atoms with Crippen LogP contribution in [-0.2, 0) is 11.2 Å². The first-order valence-corrected chi connectivity index (χ1v) is 6.66. The third-order valence-electron chi connectivity index (χ3n) is 2.50. The lowest BCUT2D eigenvalue weighted by atomic mass is 10.2. The number of aromatic nitrogens is 3. The van der Waals surface area contributed by atoms with Crippen molar-refractivity contribution in [2.75, 3.05) is 6.54 Å². The fourth-order valence-corrected chi connectivity index (χ4v) is 1.81. The summed E-state index contributed by atoms with van der Waals surface area (Å²) in [5, 5.41) is 10.1. The van der Waals surface area contributed by atoms with E-state index in [0.29, 0.717) is 23.0 Å². The van der Waals surface area contributed by atoms with E-state index in [1.807, 2.05) is 0 Å². The number of hydrogen-bond acceptors (Lipinski definition) is 3. The molecule has 0 aliphatic carbocycles. The summed E-state index contributed by atoms with van der Waals surface area (Å²) >= 11 is 11.7. The van der Waals surface area contributed by atoms with E-state index in [-0.39, 0.29) is 5.91 Å². The van der Waals surface area contributed by atoms with Crippen molar-refractivity contribution in [1.82, 2.24) is 20.5 Å². The van der Waals surface area contributed by atoms with Crippen molar-refractivity contribution in [2.45, 2.75) is 6.42 Å². The average Bonchev–Trinajstić information content (AvgIpc) is 2.93. The molecule has 0 atom stereocenters. The summed E-state index contributed by atoms with van der Waals surface area (Å²) in [7, 11) is 0. The second-order valence-corrected chi connectivity index (χ2v) is 4.79. The van der Waals surface area contributed by atoms with Crippen molar-refractivity contribution in [3.05, 3.63) is 52.0 Å². The van der Waals surface area contributed by atoms with Crippen LogP contribution in [0.3, 0.4) is 0 Å². The second kappa shape index (κ2) is 7.07. The van der Waals surface area contributed by atoms with E-state index in [4.69, 9.17) is 23.2 Å². The molecular weight excluding hydrogens is 299 g/mol. The minimum absolute atomic E-state index is 0.185. The fraction of sp³-hybridized carbons (Fsp3) is 0.154. The smallest absolute Gasteiger partial charge is 0.244 e. The molecule has 0 aliphatic heterocycles. The standard InChI is InChI=1S/C13H12Cl2N4O/c14-10-3-1-9(7-11(10)15)2-4-13(20)16-6-5-12-17-8-18-19-12/h1-4,7-8H,5-6H2,(H,16,20)(H,17,18,19). The molecule has 5 nitrogen and oxygen atoms in total. The van der Waals surface area contributed by atoms with Crippen molar-refractivity contribution in [3.63, 3.8) is 0 Å². The molecule has 0 fully saturated rings. The number of amides is 1. The summed E-state index contributed by atoms with van der Waals surface area (Å²) in [6.45, 7) is 0.486. The van der Waals surface area contributed by atoms with E-state index < -0.39 is 0 Å². The van der Waals surface area contributed by atoms with Crippen molar-refractivity contribution >= 4 is 35.2 Å². The number of halogens is 2. The molecule has 20 heavy (non-hydrogen) atoms. The van der Waals surface area contributed by atoms with Crippen LogP contribution in [0.4, 0.5) is 0 Å². The number of hydrogen-bond donors (Lipinski definition) is 2. The summed E-state index contributed by atoms with van der Waals surface area (Å²) in [4.78, 5) is 15.6. The number of benzene rings is 1. The zero-order valence-electron chi connectivity index (χ0n) is 10.4. The number of rotatable bonds is 5. The zero-order chi connectivity index (χ0) is 14.4. The molecule has 2 N–H and O–H groups in total. The molecule has 0 saturated carbocycles. The SMILES string of the molecule is O=C(C=Cc1ccc(Cl)c(Cl)c1)NCCc1ncn[nH]1. The van der Waals surface area contributed by atoms with Crippen molar-refractivity contribution in [1.29, 1.82) is 0 Å². The highest BCUT2D eigenvalue weighted by Gasteiger charge is 2.00. The second-order valence-electron chi connectivity index (χ2n) is 3.98. The molecule has 7 heteroatoms. The van der Waals surface area contributed by atoms with Gasteiger partial charge in [0.05, 0.1) is 10.0 Å². The Bertz CT molecular complexity index is 611. The number of aromatic amines is 1. The van der Waals surface area contributed by atoms with E-state index in [9.17, 15) is 4.79 Å². The minimum atomic E-state index is -0.185. The minimum Gasteiger partial charge on any atom is -0.352 e. The van der Waals surface area contributed by atoms with Gasteiger partial charge in [-0.3, -0.25) is 9.89 Å². The van der Waals surface area contributed by atoms with Gasteiger partial charge in [-0.15, -0.1) is 0 Å². The summed E-state index contributed by atoms with van der Waals surface area (Å²) < 4.78 is 0. The van der Waals surface area contributed by atoms with Gasteiger partial charge >= 0.3 is 0 Å². The average molecular weight is 311 g/mol. The highest BCUT2D eigenvalue weighted by atomic mass is 35.5. The molecule has 0 radical (unpaired) electrons. The van der Waals surface area contributed by atoms with Gasteiger partial charge in [0, 0.05) is 19.0 Å². The molecule has 2 rings (SSSR count). The Hall–Kier alpha value is -1.85. The lowest BCUT2D eigenvalue weighted by Gasteiger charge is -2.00. The van der Waals surface area contributed by atoms with Gasteiger partial charge in [0.2, 0.25) is 5.91 Å². The quantitative estimate of drug-likeness (QED) is 0.833. The van der Waals surface area contributed by atoms with E-state index in [1.165, 1.54) is 12.4 Å². The van der Waals surface area contributed by atoms with Gasteiger partial charge in [0.25, 0.3) is 0 Å². The Balaban J connectivity index is 1.81. The maximum Gasteiger partial charge on any atom is 0.244 e. The molecule has 1 aromatic heterocycles. The number of nitrogens with zero attached hydrogens (tertiary/aromatic N) is 2. The van der Waals surface area contributed by atoms with Crippen LogP contribution in [0.2, 0.25) is 10.0 Å². The van der Waals surface area contributed by atoms with Gasteiger partial charge in [-0.05, 0) is 23.8 Å². The van der Waals surface area contributed by atoms with Gasteiger partial charge in [-0.1, -0.05) is 29.3 Å². The third-order valence-corrected chi connectivity index (χ3v) is 3.24. The first-order valence-electron chi connectivity index (χ1n) is 5.90. The number of carbonyl (C=O) groups is 1. The van der Waals surface area contributed by atoms with Crippen LogP contribution in [0.5, 0.6) is 0 Å². The molecular formula is C13H12Cl2N4O. The number of carbonyl (C=O) groups excluding carboxylic acids is 1. The van der Waals surface area contributed by atoms with E-state index in [1.54, 1.807) is 24.3 Å². The monoisotopic (exact) mass is 310 g/mol. The van der Waals surface area contributed by atoms with Gasteiger partial charge in [-0.25, -0.2) is 4.98 Å². The van der Waals surface area contributed by atoms with E-state index >= 15 is 0 Å². The molecule has 2 aromatic rings. The Morgan fingerprint density at radius 3 is 2.90 bits per heavy atom. The molecule has 0 saturated heterocycles. The first kappa shape index (κ1) is 14.6. The first-order chi connectivity index (χ1) is 9.65. The topological polar surface area (TPSA) is 70.7 Å². The molecule has 0 spiro atoms.